The van der Waals surface area contributed by atoms with Crippen molar-refractivity contribution in [1.29, 1.82) is 0 Å². The van der Waals surface area contributed by atoms with E-state index in [1.165, 1.54) is 12.3 Å². The molecule has 2 N–H and O–H groups in total. The normalized spacial score (nSPS) is 26.9. The third-order valence-corrected chi connectivity index (χ3v) is 3.33. The first-order valence-corrected chi connectivity index (χ1v) is 5.75. The van der Waals surface area contributed by atoms with Gasteiger partial charge in [-0.1, -0.05) is 6.92 Å². The second kappa shape index (κ2) is 4.89. The molecule has 1 aromatic rings. The molecule has 18 heavy (non-hydrogen) atoms. The Kier molecular flexibility index (Phi) is 3.47. The van der Waals surface area contributed by atoms with Crippen molar-refractivity contribution in [2.45, 2.75) is 32.3 Å². The number of carbonyl (C=O) groups is 1. The van der Waals surface area contributed by atoms with Crippen molar-refractivity contribution in [3.8, 4) is 5.75 Å². The van der Waals surface area contributed by atoms with Gasteiger partial charge in [0.25, 0.3) is 0 Å². The van der Waals surface area contributed by atoms with E-state index in [9.17, 15) is 9.18 Å². The number of rotatable bonds is 3. The number of aromatic nitrogens is 1. The lowest BCUT2D eigenvalue weighted by Crippen LogP contribution is -2.36. The molecule has 2 rings (SSSR count). The summed E-state index contributed by atoms with van der Waals surface area (Å²) in [6.07, 6.45) is 4.15. The minimum atomic E-state index is -0.639. The molecular formula is C12H15FN2O3. The third kappa shape index (κ3) is 2.59. The van der Waals surface area contributed by atoms with Crippen LogP contribution < -0.4 is 10.2 Å². The van der Waals surface area contributed by atoms with E-state index in [0.29, 0.717) is 25.0 Å². The maximum atomic E-state index is 12.9. The Hall–Kier alpha value is -1.69. The Morgan fingerprint density at radius 3 is 3.11 bits per heavy atom. The van der Waals surface area contributed by atoms with Gasteiger partial charge in [-0.3, -0.25) is 15.0 Å². The second-order valence-corrected chi connectivity index (χ2v) is 4.82. The number of hydroxylamine groups is 1. The van der Waals surface area contributed by atoms with E-state index >= 15 is 0 Å². The zero-order valence-corrected chi connectivity index (χ0v) is 10.0. The van der Waals surface area contributed by atoms with Gasteiger partial charge in [0.2, 0.25) is 5.91 Å². The molecule has 98 valence electrons. The van der Waals surface area contributed by atoms with E-state index in [-0.39, 0.29) is 6.10 Å². The van der Waals surface area contributed by atoms with E-state index in [4.69, 9.17) is 9.94 Å². The van der Waals surface area contributed by atoms with Gasteiger partial charge in [0, 0.05) is 6.07 Å². The maximum Gasteiger partial charge on any atom is 0.249 e. The fourth-order valence-corrected chi connectivity index (χ4v) is 2.28. The lowest BCUT2D eigenvalue weighted by Gasteiger charge is -2.21. The maximum absolute atomic E-state index is 12.9. The Morgan fingerprint density at radius 1 is 1.67 bits per heavy atom. The zero-order valence-electron chi connectivity index (χ0n) is 10.0. The molecule has 1 aromatic heterocycles. The van der Waals surface area contributed by atoms with Crippen LogP contribution in [-0.2, 0) is 4.79 Å². The number of nitrogens with one attached hydrogen (secondary N) is 1. The largest absolute Gasteiger partial charge is 0.489 e. The predicted octanol–water partition coefficient (Wildman–Crippen LogP) is 1.66. The summed E-state index contributed by atoms with van der Waals surface area (Å²) in [5, 5.41) is 8.67. The van der Waals surface area contributed by atoms with E-state index < -0.39 is 17.1 Å². The molecule has 0 aliphatic heterocycles. The highest BCUT2D eigenvalue weighted by molar-refractivity contribution is 5.81. The van der Waals surface area contributed by atoms with Gasteiger partial charge < -0.3 is 4.74 Å². The zero-order chi connectivity index (χ0) is 13.2. The Balaban J connectivity index is 2.00. The number of ether oxygens (including phenoxy) is 1. The van der Waals surface area contributed by atoms with Crippen molar-refractivity contribution in [3.05, 3.63) is 24.3 Å². The Bertz CT molecular complexity index is 455. The van der Waals surface area contributed by atoms with Crippen LogP contribution in [0, 0.1) is 11.2 Å². The standard InChI is InChI=1S/C12H15FN2O3/c1-12(11(16)15-17)3-2-9(5-12)18-10-4-8(13)6-14-7-10/h4,6-7,9,17H,2-3,5H2,1H3,(H,15,16)/t9-,12-/m0/s1. The molecule has 0 saturated heterocycles. The van der Waals surface area contributed by atoms with Crippen LogP contribution in [0.1, 0.15) is 26.2 Å². The highest BCUT2D eigenvalue weighted by Crippen LogP contribution is 2.39. The SMILES string of the molecule is C[C@]1(C(=O)NO)CC[C@H](Oc2cncc(F)c2)C1. The number of hydrogen-bond donors (Lipinski definition) is 2. The third-order valence-electron chi connectivity index (χ3n) is 3.33. The summed E-state index contributed by atoms with van der Waals surface area (Å²) in [4.78, 5) is 15.2. The monoisotopic (exact) mass is 254 g/mol. The van der Waals surface area contributed by atoms with Gasteiger partial charge in [-0.2, -0.15) is 0 Å². The van der Waals surface area contributed by atoms with Crippen molar-refractivity contribution in [3.63, 3.8) is 0 Å². The first kappa shape index (κ1) is 12.8. The molecule has 1 aliphatic rings. The van der Waals surface area contributed by atoms with Crippen molar-refractivity contribution in [2.75, 3.05) is 0 Å². The van der Waals surface area contributed by atoms with Crippen LogP contribution in [0.15, 0.2) is 18.5 Å². The summed E-state index contributed by atoms with van der Waals surface area (Å²) < 4.78 is 18.5. The summed E-state index contributed by atoms with van der Waals surface area (Å²) >= 11 is 0. The Labute approximate surface area is 104 Å². The smallest absolute Gasteiger partial charge is 0.249 e. The van der Waals surface area contributed by atoms with Gasteiger partial charge in [-0.15, -0.1) is 0 Å². The molecule has 2 atom stereocenters. The molecule has 0 spiro atoms. The van der Waals surface area contributed by atoms with E-state index in [1.54, 1.807) is 12.4 Å². The molecule has 1 saturated carbocycles. The van der Waals surface area contributed by atoms with Crippen LogP contribution in [-0.4, -0.2) is 22.2 Å². The average molecular weight is 254 g/mol. The minimum Gasteiger partial charge on any atom is -0.489 e. The number of amides is 1. The summed E-state index contributed by atoms with van der Waals surface area (Å²) in [6, 6.07) is 1.26. The van der Waals surface area contributed by atoms with Crippen molar-refractivity contribution in [1.82, 2.24) is 10.5 Å². The van der Waals surface area contributed by atoms with Crippen LogP contribution in [0.5, 0.6) is 5.75 Å². The van der Waals surface area contributed by atoms with Crippen LogP contribution in [0.25, 0.3) is 0 Å². The summed E-state index contributed by atoms with van der Waals surface area (Å²) in [7, 11) is 0. The fraction of sp³-hybridized carbons (Fsp3) is 0.500. The molecule has 0 aromatic carbocycles. The van der Waals surface area contributed by atoms with Gasteiger partial charge in [-0.25, -0.2) is 9.87 Å². The molecule has 5 nitrogen and oxygen atoms in total. The number of carbonyl (C=O) groups excluding carboxylic acids is 1. The summed E-state index contributed by atoms with van der Waals surface area (Å²) in [5.41, 5.74) is 1.04. The predicted molar refractivity (Wildman–Crippen MR) is 60.5 cm³/mol. The van der Waals surface area contributed by atoms with Crippen LogP contribution in [0.4, 0.5) is 4.39 Å². The first-order valence-electron chi connectivity index (χ1n) is 5.75. The molecule has 1 heterocycles. The summed E-state index contributed by atoms with van der Waals surface area (Å²) in [6.45, 7) is 1.77. The van der Waals surface area contributed by atoms with Crippen molar-refractivity contribution < 1.29 is 19.1 Å². The Morgan fingerprint density at radius 2 is 2.44 bits per heavy atom. The minimum absolute atomic E-state index is 0.170. The molecule has 1 aliphatic carbocycles. The molecule has 0 bridgehead atoms. The number of halogens is 1. The lowest BCUT2D eigenvalue weighted by molar-refractivity contribution is -0.138. The molecule has 0 unspecified atom stereocenters. The molecule has 6 heteroatoms. The topological polar surface area (TPSA) is 71.5 Å². The van der Waals surface area contributed by atoms with Gasteiger partial charge in [0.05, 0.1) is 23.9 Å². The van der Waals surface area contributed by atoms with Gasteiger partial charge >= 0.3 is 0 Å². The number of hydrogen-bond acceptors (Lipinski definition) is 4. The highest BCUT2D eigenvalue weighted by Gasteiger charge is 2.42. The first-order chi connectivity index (χ1) is 8.53. The van der Waals surface area contributed by atoms with E-state index in [0.717, 1.165) is 6.20 Å². The van der Waals surface area contributed by atoms with Crippen LogP contribution >= 0.6 is 0 Å². The van der Waals surface area contributed by atoms with E-state index in [1.807, 2.05) is 0 Å². The van der Waals surface area contributed by atoms with Gasteiger partial charge in [0.1, 0.15) is 11.6 Å². The summed E-state index contributed by atoms with van der Waals surface area (Å²) in [5.74, 6) is -0.513. The highest BCUT2D eigenvalue weighted by atomic mass is 19.1. The molecule has 1 fully saturated rings. The molecule has 0 radical (unpaired) electrons. The van der Waals surface area contributed by atoms with Gasteiger partial charge in [0.15, 0.2) is 0 Å². The van der Waals surface area contributed by atoms with Crippen LogP contribution in [0.3, 0.4) is 0 Å². The van der Waals surface area contributed by atoms with Crippen molar-refractivity contribution in [2.24, 2.45) is 5.41 Å². The quantitative estimate of drug-likeness (QED) is 0.635. The van der Waals surface area contributed by atoms with Crippen molar-refractivity contribution >= 4 is 5.91 Å². The number of nitrogens with zero attached hydrogens (tertiary/aromatic N) is 1. The lowest BCUT2D eigenvalue weighted by atomic mass is 9.88. The molecular weight excluding hydrogens is 239 g/mol. The van der Waals surface area contributed by atoms with Gasteiger partial charge in [-0.05, 0) is 19.3 Å². The molecule has 1 amide bonds. The average Bonchev–Trinajstić information content (AvgIpc) is 2.71. The van der Waals surface area contributed by atoms with Crippen LogP contribution in [0.2, 0.25) is 0 Å². The fourth-order valence-electron chi connectivity index (χ4n) is 2.28. The number of pyridine rings is 1. The van der Waals surface area contributed by atoms with E-state index in [2.05, 4.69) is 4.98 Å². The second-order valence-electron chi connectivity index (χ2n) is 4.82.